The van der Waals surface area contributed by atoms with E-state index in [0.29, 0.717) is 10.9 Å². The summed E-state index contributed by atoms with van der Waals surface area (Å²) in [5.74, 6) is 0.528. The third kappa shape index (κ3) is 3.65. The number of amides is 1. The zero-order chi connectivity index (χ0) is 10.6. The first kappa shape index (κ1) is 10.8. The van der Waals surface area contributed by atoms with Crippen molar-refractivity contribution in [3.05, 3.63) is 0 Å². The Bertz CT molecular complexity index is 311. The van der Waals surface area contributed by atoms with E-state index in [1.54, 1.807) is 0 Å². The van der Waals surface area contributed by atoms with Crippen molar-refractivity contribution in [1.29, 1.82) is 0 Å². The van der Waals surface area contributed by atoms with Gasteiger partial charge in [-0.05, 0) is 13.8 Å². The Labute approximate surface area is 86.0 Å². The molecule has 0 saturated heterocycles. The van der Waals surface area contributed by atoms with E-state index in [1.807, 2.05) is 13.8 Å². The monoisotopic (exact) mass is 215 g/mol. The predicted octanol–water partition coefficient (Wildman–Crippen LogP) is 0.00360. The summed E-state index contributed by atoms with van der Waals surface area (Å²) < 4.78 is 0. The van der Waals surface area contributed by atoms with Crippen LogP contribution in [0.5, 0.6) is 0 Å². The average molecular weight is 215 g/mol. The van der Waals surface area contributed by atoms with Gasteiger partial charge in [-0.25, -0.2) is 5.10 Å². The summed E-state index contributed by atoms with van der Waals surface area (Å²) in [5, 5.41) is 9.54. The van der Waals surface area contributed by atoms with Crippen molar-refractivity contribution in [3.63, 3.8) is 0 Å². The second-order valence-electron chi connectivity index (χ2n) is 3.01. The Hall–Kier alpha value is -1.24. The van der Waals surface area contributed by atoms with Gasteiger partial charge in [0.2, 0.25) is 17.0 Å². The fourth-order valence-corrected chi connectivity index (χ4v) is 1.43. The van der Waals surface area contributed by atoms with Crippen LogP contribution < -0.4 is 11.1 Å². The van der Waals surface area contributed by atoms with Crippen molar-refractivity contribution in [2.24, 2.45) is 0 Å². The number of hydrogen-bond acceptors (Lipinski definition) is 5. The second kappa shape index (κ2) is 4.85. The highest BCUT2D eigenvalue weighted by molar-refractivity contribution is 7.99. The van der Waals surface area contributed by atoms with E-state index in [2.05, 4.69) is 20.5 Å². The van der Waals surface area contributed by atoms with Gasteiger partial charge in [-0.2, -0.15) is 4.98 Å². The predicted molar refractivity (Wildman–Crippen MR) is 54.8 cm³/mol. The molecule has 1 heterocycles. The van der Waals surface area contributed by atoms with Gasteiger partial charge in [0.25, 0.3) is 0 Å². The standard InChI is InChI=1S/C7H13N5OS/c1-4(2)9-5(13)3-14-7-10-6(8)11-12-7/h4H,3H2,1-2H3,(H,9,13)(H3,8,10,11,12). The van der Waals surface area contributed by atoms with E-state index < -0.39 is 0 Å². The van der Waals surface area contributed by atoms with Crippen molar-refractivity contribution in [3.8, 4) is 0 Å². The maximum atomic E-state index is 11.2. The fourth-order valence-electron chi connectivity index (χ4n) is 0.816. The first-order chi connectivity index (χ1) is 6.58. The van der Waals surface area contributed by atoms with Crippen molar-refractivity contribution in [1.82, 2.24) is 20.5 Å². The van der Waals surface area contributed by atoms with Crippen LogP contribution in [-0.2, 0) is 4.79 Å². The summed E-state index contributed by atoms with van der Waals surface area (Å²) in [6, 6.07) is 0.153. The molecule has 0 fully saturated rings. The molecule has 1 aromatic rings. The molecule has 1 rings (SSSR count). The van der Waals surface area contributed by atoms with Crippen LogP contribution in [0.2, 0.25) is 0 Å². The molecule has 0 unspecified atom stereocenters. The van der Waals surface area contributed by atoms with Crippen molar-refractivity contribution >= 4 is 23.6 Å². The molecule has 0 atom stereocenters. The third-order valence-corrected chi connectivity index (χ3v) is 2.11. The molecule has 0 aliphatic carbocycles. The van der Waals surface area contributed by atoms with E-state index >= 15 is 0 Å². The lowest BCUT2D eigenvalue weighted by molar-refractivity contribution is -0.119. The number of nitrogens with one attached hydrogen (secondary N) is 2. The Balaban J connectivity index is 2.30. The Morgan fingerprint density at radius 2 is 2.43 bits per heavy atom. The summed E-state index contributed by atoms with van der Waals surface area (Å²) in [4.78, 5) is 15.1. The van der Waals surface area contributed by atoms with Crippen molar-refractivity contribution in [2.45, 2.75) is 25.0 Å². The number of H-pyrrole nitrogens is 1. The molecular formula is C7H13N5OS. The minimum Gasteiger partial charge on any atom is -0.368 e. The molecule has 0 spiro atoms. The number of thioether (sulfide) groups is 1. The normalized spacial score (nSPS) is 10.5. The summed E-state index contributed by atoms with van der Waals surface area (Å²) in [6.45, 7) is 3.82. The van der Waals surface area contributed by atoms with Gasteiger partial charge in [0.05, 0.1) is 5.75 Å². The molecule has 0 aliphatic rings. The van der Waals surface area contributed by atoms with Crippen molar-refractivity contribution < 1.29 is 4.79 Å². The number of carbonyl (C=O) groups excluding carboxylic acids is 1. The minimum absolute atomic E-state index is 0.0339. The number of anilines is 1. The number of nitrogens with two attached hydrogens (primary N) is 1. The molecule has 0 radical (unpaired) electrons. The maximum Gasteiger partial charge on any atom is 0.230 e. The van der Waals surface area contributed by atoms with Crippen molar-refractivity contribution in [2.75, 3.05) is 11.5 Å². The van der Waals surface area contributed by atoms with Gasteiger partial charge < -0.3 is 11.1 Å². The molecule has 78 valence electrons. The number of rotatable bonds is 4. The number of hydrogen-bond donors (Lipinski definition) is 3. The molecule has 0 aliphatic heterocycles. The topological polar surface area (TPSA) is 96.7 Å². The summed E-state index contributed by atoms with van der Waals surface area (Å²) >= 11 is 1.25. The number of nitrogen functional groups attached to an aromatic ring is 1. The summed E-state index contributed by atoms with van der Waals surface area (Å²) in [5.41, 5.74) is 5.32. The smallest absolute Gasteiger partial charge is 0.230 e. The molecule has 0 aromatic carbocycles. The van der Waals surface area contributed by atoms with Gasteiger partial charge in [-0.1, -0.05) is 11.8 Å². The molecule has 14 heavy (non-hydrogen) atoms. The van der Waals surface area contributed by atoms with E-state index in [0.717, 1.165) is 0 Å². The van der Waals surface area contributed by atoms with E-state index in [9.17, 15) is 4.79 Å². The van der Waals surface area contributed by atoms with Crippen LogP contribution in [-0.4, -0.2) is 32.9 Å². The van der Waals surface area contributed by atoms with Crippen LogP contribution in [0.1, 0.15) is 13.8 Å². The number of nitrogens with zero attached hydrogens (tertiary/aromatic N) is 2. The summed E-state index contributed by atoms with van der Waals surface area (Å²) in [7, 11) is 0. The van der Waals surface area contributed by atoms with Gasteiger partial charge in [0.1, 0.15) is 0 Å². The van der Waals surface area contributed by atoms with E-state index in [4.69, 9.17) is 5.73 Å². The Morgan fingerprint density at radius 3 is 2.93 bits per heavy atom. The van der Waals surface area contributed by atoms with Crippen LogP contribution in [0.25, 0.3) is 0 Å². The zero-order valence-electron chi connectivity index (χ0n) is 8.07. The molecule has 1 aromatic heterocycles. The SMILES string of the molecule is CC(C)NC(=O)CSc1n[nH]c(N)n1. The van der Waals surface area contributed by atoms with Gasteiger partial charge in [-0.15, -0.1) is 5.10 Å². The van der Waals surface area contributed by atoms with Crippen LogP contribution >= 0.6 is 11.8 Å². The highest BCUT2D eigenvalue weighted by Gasteiger charge is 2.06. The molecule has 6 nitrogen and oxygen atoms in total. The zero-order valence-corrected chi connectivity index (χ0v) is 8.89. The van der Waals surface area contributed by atoms with Gasteiger partial charge in [0, 0.05) is 6.04 Å². The molecule has 4 N–H and O–H groups in total. The molecule has 7 heteroatoms. The van der Waals surface area contributed by atoms with Crippen LogP contribution in [0.3, 0.4) is 0 Å². The highest BCUT2D eigenvalue weighted by Crippen LogP contribution is 2.11. The quantitative estimate of drug-likeness (QED) is 0.614. The van der Waals surface area contributed by atoms with E-state index in [-0.39, 0.29) is 17.9 Å². The lowest BCUT2D eigenvalue weighted by Crippen LogP contribution is -2.31. The molecular weight excluding hydrogens is 202 g/mol. The number of aromatic amines is 1. The van der Waals surface area contributed by atoms with Crippen LogP contribution in [0.4, 0.5) is 5.95 Å². The fraction of sp³-hybridized carbons (Fsp3) is 0.571. The second-order valence-corrected chi connectivity index (χ2v) is 3.96. The van der Waals surface area contributed by atoms with Gasteiger partial charge in [0.15, 0.2) is 0 Å². The van der Waals surface area contributed by atoms with E-state index in [1.165, 1.54) is 11.8 Å². The van der Waals surface area contributed by atoms with Gasteiger partial charge in [-0.3, -0.25) is 4.79 Å². The lowest BCUT2D eigenvalue weighted by Gasteiger charge is -2.06. The summed E-state index contributed by atoms with van der Waals surface area (Å²) in [6.07, 6.45) is 0. The number of aromatic nitrogens is 3. The lowest BCUT2D eigenvalue weighted by atomic mass is 10.4. The molecule has 0 bridgehead atoms. The molecule has 0 saturated carbocycles. The Kier molecular flexibility index (Phi) is 3.75. The first-order valence-corrected chi connectivity index (χ1v) is 5.16. The largest absolute Gasteiger partial charge is 0.368 e. The molecule has 1 amide bonds. The highest BCUT2D eigenvalue weighted by atomic mass is 32.2. The van der Waals surface area contributed by atoms with Gasteiger partial charge >= 0.3 is 0 Å². The average Bonchev–Trinajstić information content (AvgIpc) is 2.47. The minimum atomic E-state index is -0.0339. The third-order valence-electron chi connectivity index (χ3n) is 1.26. The Morgan fingerprint density at radius 1 is 1.71 bits per heavy atom. The van der Waals surface area contributed by atoms with Crippen LogP contribution in [0.15, 0.2) is 5.16 Å². The number of carbonyl (C=O) groups is 1. The maximum absolute atomic E-state index is 11.2. The van der Waals surface area contributed by atoms with Crippen LogP contribution in [0, 0.1) is 0 Å². The first-order valence-electron chi connectivity index (χ1n) is 4.18.